The van der Waals surface area contributed by atoms with E-state index in [1.54, 1.807) is 11.8 Å². The van der Waals surface area contributed by atoms with Crippen LogP contribution in [-0.2, 0) is 16.4 Å². The summed E-state index contributed by atoms with van der Waals surface area (Å²) in [7, 11) is -3.30. The number of aromatic nitrogens is 1. The van der Waals surface area contributed by atoms with Crippen LogP contribution in [0.4, 0.5) is 0 Å². The molecule has 1 amide bonds. The number of thioether (sulfide) groups is 1. The molecule has 9 heteroatoms. The second-order valence-electron chi connectivity index (χ2n) is 5.85. The van der Waals surface area contributed by atoms with E-state index in [0.29, 0.717) is 15.4 Å². The van der Waals surface area contributed by atoms with Gasteiger partial charge in [-0.25, -0.2) is 8.42 Å². The molecular weight excluding hydrogens is 424 g/mol. The van der Waals surface area contributed by atoms with Crippen molar-refractivity contribution in [3.63, 3.8) is 0 Å². The van der Waals surface area contributed by atoms with Crippen LogP contribution >= 0.6 is 34.7 Å². The molecule has 5 nitrogen and oxygen atoms in total. The van der Waals surface area contributed by atoms with E-state index in [2.05, 4.69) is 4.99 Å². The topological polar surface area (TPSA) is 68.5 Å². The van der Waals surface area contributed by atoms with Gasteiger partial charge in [0.25, 0.3) is 5.91 Å². The van der Waals surface area contributed by atoms with Crippen molar-refractivity contribution in [1.29, 1.82) is 0 Å². The molecule has 142 valence electrons. The molecule has 0 unspecified atom stereocenters. The second kappa shape index (κ2) is 8.18. The fourth-order valence-corrected chi connectivity index (χ4v) is 4.85. The minimum Gasteiger partial charge on any atom is -0.316 e. The predicted octanol–water partition coefficient (Wildman–Crippen LogP) is 3.86. The molecule has 0 aliphatic heterocycles. The first-order chi connectivity index (χ1) is 12.8. The van der Waals surface area contributed by atoms with Crippen molar-refractivity contribution in [2.24, 2.45) is 4.99 Å². The number of benzene rings is 2. The van der Waals surface area contributed by atoms with Crippen molar-refractivity contribution in [2.45, 2.75) is 11.4 Å². The molecule has 0 aliphatic rings. The van der Waals surface area contributed by atoms with Gasteiger partial charge in [0.2, 0.25) is 0 Å². The number of amides is 1. The van der Waals surface area contributed by atoms with Crippen molar-refractivity contribution < 1.29 is 13.2 Å². The standard InChI is InChI=1S/C18H17ClN2O3S3/c1-25-10-9-21-15-8-5-13(19)11-16(15)26-18(21)20-17(22)12-3-6-14(7-4-12)27(2,23)24/h3-8,11H,9-10H2,1-2H3. The van der Waals surface area contributed by atoms with Gasteiger partial charge in [-0.15, -0.1) is 0 Å². The number of rotatable bonds is 5. The number of carbonyl (C=O) groups is 1. The molecule has 0 atom stereocenters. The SMILES string of the molecule is CSCCn1c(=NC(=O)c2ccc(S(C)(=O)=O)cc2)sc2cc(Cl)ccc21. The summed E-state index contributed by atoms with van der Waals surface area (Å²) in [5, 5.41) is 0.634. The molecular formula is C18H17ClN2O3S3. The Kier molecular flexibility index (Phi) is 6.10. The van der Waals surface area contributed by atoms with Gasteiger partial charge in [0.1, 0.15) is 0 Å². The number of thiazole rings is 1. The van der Waals surface area contributed by atoms with E-state index in [4.69, 9.17) is 11.6 Å². The molecule has 3 aromatic rings. The van der Waals surface area contributed by atoms with E-state index in [0.717, 1.165) is 28.8 Å². The van der Waals surface area contributed by atoms with Crippen molar-refractivity contribution in [3.8, 4) is 0 Å². The maximum atomic E-state index is 12.6. The number of halogens is 1. The van der Waals surface area contributed by atoms with Crippen LogP contribution in [0.15, 0.2) is 52.4 Å². The van der Waals surface area contributed by atoms with Crippen LogP contribution in [0.25, 0.3) is 10.2 Å². The van der Waals surface area contributed by atoms with Crippen LogP contribution in [-0.4, -0.2) is 37.2 Å². The maximum Gasteiger partial charge on any atom is 0.279 e. The number of aryl methyl sites for hydroxylation is 1. The summed E-state index contributed by atoms with van der Waals surface area (Å²) >= 11 is 9.20. The van der Waals surface area contributed by atoms with Gasteiger partial charge in [0.15, 0.2) is 14.6 Å². The van der Waals surface area contributed by atoms with Crippen LogP contribution < -0.4 is 4.80 Å². The third kappa shape index (κ3) is 4.63. The number of sulfone groups is 1. The molecule has 0 radical (unpaired) electrons. The van der Waals surface area contributed by atoms with E-state index >= 15 is 0 Å². The third-order valence-electron chi connectivity index (χ3n) is 3.89. The Hall–Kier alpha value is -1.61. The Bertz CT molecular complexity index is 1160. The van der Waals surface area contributed by atoms with Crippen LogP contribution in [0, 0.1) is 0 Å². The summed E-state index contributed by atoms with van der Waals surface area (Å²) in [6, 6.07) is 11.4. The van der Waals surface area contributed by atoms with Crippen molar-refractivity contribution in [1.82, 2.24) is 4.57 Å². The van der Waals surface area contributed by atoms with Crippen molar-refractivity contribution >= 4 is 60.7 Å². The van der Waals surface area contributed by atoms with Gasteiger partial charge in [0, 0.05) is 29.1 Å². The Labute approximate surface area is 170 Å². The van der Waals surface area contributed by atoms with E-state index in [9.17, 15) is 13.2 Å². The van der Waals surface area contributed by atoms with Crippen LogP contribution in [0.2, 0.25) is 5.02 Å². The van der Waals surface area contributed by atoms with Gasteiger partial charge in [0.05, 0.1) is 15.1 Å². The molecule has 0 bridgehead atoms. The molecule has 0 N–H and O–H groups in total. The zero-order valence-corrected chi connectivity index (χ0v) is 17.9. The fraction of sp³-hybridized carbons (Fsp3) is 0.222. The maximum absolute atomic E-state index is 12.6. The van der Waals surface area contributed by atoms with Gasteiger partial charge in [-0.2, -0.15) is 16.8 Å². The third-order valence-corrected chi connectivity index (χ3v) is 6.89. The summed E-state index contributed by atoms with van der Waals surface area (Å²) < 4.78 is 26.1. The number of hydrogen-bond acceptors (Lipinski definition) is 5. The average Bonchev–Trinajstić information content (AvgIpc) is 2.95. The molecule has 0 spiro atoms. The number of carbonyl (C=O) groups excluding carboxylic acids is 1. The largest absolute Gasteiger partial charge is 0.316 e. The van der Waals surface area contributed by atoms with E-state index in [-0.39, 0.29) is 4.90 Å². The lowest BCUT2D eigenvalue weighted by atomic mass is 10.2. The minimum atomic E-state index is -3.30. The Morgan fingerprint density at radius 1 is 1.22 bits per heavy atom. The first-order valence-corrected chi connectivity index (χ1v) is 12.4. The molecule has 27 heavy (non-hydrogen) atoms. The fourth-order valence-electron chi connectivity index (χ4n) is 2.53. The molecule has 0 saturated heterocycles. The highest BCUT2D eigenvalue weighted by Crippen LogP contribution is 2.22. The molecule has 1 aromatic heterocycles. The molecule has 0 fully saturated rings. The first kappa shape index (κ1) is 20.1. The summed E-state index contributed by atoms with van der Waals surface area (Å²) in [5.74, 6) is 0.476. The smallest absolute Gasteiger partial charge is 0.279 e. The second-order valence-corrected chi connectivity index (χ2v) is 10.3. The highest BCUT2D eigenvalue weighted by Gasteiger charge is 2.12. The Morgan fingerprint density at radius 3 is 2.56 bits per heavy atom. The van der Waals surface area contributed by atoms with E-state index in [1.807, 2.05) is 29.0 Å². The van der Waals surface area contributed by atoms with Crippen LogP contribution in [0.5, 0.6) is 0 Å². The normalized spacial score (nSPS) is 12.6. The number of hydrogen-bond donors (Lipinski definition) is 0. The molecule has 0 saturated carbocycles. The van der Waals surface area contributed by atoms with E-state index in [1.165, 1.54) is 35.6 Å². The van der Waals surface area contributed by atoms with Crippen LogP contribution in [0.1, 0.15) is 10.4 Å². The van der Waals surface area contributed by atoms with Crippen LogP contribution in [0.3, 0.4) is 0 Å². The van der Waals surface area contributed by atoms with Crippen molar-refractivity contribution in [3.05, 3.63) is 57.9 Å². The van der Waals surface area contributed by atoms with Gasteiger partial charge >= 0.3 is 0 Å². The lowest BCUT2D eigenvalue weighted by molar-refractivity contribution is 0.0997. The Balaban J connectivity index is 2.04. The lowest BCUT2D eigenvalue weighted by Crippen LogP contribution is -2.18. The molecule has 1 heterocycles. The first-order valence-electron chi connectivity index (χ1n) is 7.96. The van der Waals surface area contributed by atoms with Gasteiger partial charge in [-0.3, -0.25) is 4.79 Å². The highest BCUT2D eigenvalue weighted by molar-refractivity contribution is 7.98. The van der Waals surface area contributed by atoms with Gasteiger partial charge in [-0.1, -0.05) is 22.9 Å². The van der Waals surface area contributed by atoms with Gasteiger partial charge in [-0.05, 0) is 48.7 Å². The van der Waals surface area contributed by atoms with Crippen molar-refractivity contribution in [2.75, 3.05) is 18.3 Å². The lowest BCUT2D eigenvalue weighted by Gasteiger charge is -2.04. The zero-order valence-electron chi connectivity index (χ0n) is 14.7. The highest BCUT2D eigenvalue weighted by atomic mass is 35.5. The molecule has 3 rings (SSSR count). The van der Waals surface area contributed by atoms with E-state index < -0.39 is 15.7 Å². The summed E-state index contributed by atoms with van der Waals surface area (Å²) in [6.45, 7) is 0.724. The number of fused-ring (bicyclic) bond motifs is 1. The quantitative estimate of drug-likeness (QED) is 0.604. The molecule has 2 aromatic carbocycles. The zero-order chi connectivity index (χ0) is 19.6. The molecule has 0 aliphatic carbocycles. The average molecular weight is 441 g/mol. The Morgan fingerprint density at radius 2 is 1.93 bits per heavy atom. The minimum absolute atomic E-state index is 0.172. The number of nitrogens with zero attached hydrogens (tertiary/aromatic N) is 2. The summed E-state index contributed by atoms with van der Waals surface area (Å²) in [5.41, 5.74) is 1.33. The van der Waals surface area contributed by atoms with Gasteiger partial charge < -0.3 is 4.57 Å². The summed E-state index contributed by atoms with van der Waals surface area (Å²) in [4.78, 5) is 17.6. The predicted molar refractivity (Wildman–Crippen MR) is 113 cm³/mol. The monoisotopic (exact) mass is 440 g/mol. The summed E-state index contributed by atoms with van der Waals surface area (Å²) in [6.07, 6.45) is 3.16.